The van der Waals surface area contributed by atoms with Gasteiger partial charge in [0.1, 0.15) is 11.2 Å². The van der Waals surface area contributed by atoms with Crippen LogP contribution in [0.1, 0.15) is 0 Å². The van der Waals surface area contributed by atoms with Crippen LogP contribution >= 0.6 is 0 Å². The van der Waals surface area contributed by atoms with Gasteiger partial charge in [0.25, 0.3) is 0 Å². The number of hydrogen-bond donors (Lipinski definition) is 0. The number of hydrogen-bond acceptors (Lipinski definition) is 4. The summed E-state index contributed by atoms with van der Waals surface area (Å²) in [7, 11) is -3.39. The second-order valence-electron chi connectivity index (χ2n) is 7.21. The molecule has 0 amide bonds. The minimum atomic E-state index is -3.39. The van der Waals surface area contributed by atoms with Gasteiger partial charge in [-0.1, -0.05) is 24.3 Å². The molecule has 0 aliphatic carbocycles. The van der Waals surface area contributed by atoms with Gasteiger partial charge in [-0.05, 0) is 62.6 Å². The minimum Gasteiger partial charge on any atom is -0.464 e. The maximum absolute atomic E-state index is 11.8. The highest BCUT2D eigenvalue weighted by atomic mass is 32.2. The van der Waals surface area contributed by atoms with E-state index >= 15 is 0 Å². The van der Waals surface area contributed by atoms with Crippen molar-refractivity contribution in [3.8, 4) is 0 Å². The predicted octanol–water partition coefficient (Wildman–Crippen LogP) is 6.04. The van der Waals surface area contributed by atoms with Crippen LogP contribution < -0.4 is 0 Å². The third kappa shape index (κ3) is 2.14. The number of furan rings is 2. The first-order valence-corrected chi connectivity index (χ1v) is 10.8. The Labute approximate surface area is 159 Å². The molecule has 4 nitrogen and oxygen atoms in total. The Morgan fingerprint density at radius 3 is 1.96 bits per heavy atom. The monoisotopic (exact) mass is 386 g/mol. The van der Waals surface area contributed by atoms with Gasteiger partial charge in [0.15, 0.2) is 0 Å². The molecular weight excluding hydrogens is 372 g/mol. The summed E-state index contributed by atoms with van der Waals surface area (Å²) in [5.74, 6) is 0. The van der Waals surface area contributed by atoms with E-state index in [0.717, 1.165) is 54.9 Å². The first-order chi connectivity index (χ1) is 13.5. The van der Waals surface area contributed by atoms with Crippen LogP contribution in [0.2, 0.25) is 0 Å². The molecule has 6 rings (SSSR count). The molecule has 136 valence electrons. The Balaban J connectivity index is 1.74. The summed E-state index contributed by atoms with van der Waals surface area (Å²) in [6.07, 6.45) is 2.86. The molecule has 0 aliphatic heterocycles. The highest BCUT2D eigenvalue weighted by Gasteiger charge is 2.15. The fraction of sp³-hybridized carbons (Fsp3) is 0.0435. The minimum absolute atomic E-state index is 0.00669. The summed E-state index contributed by atoms with van der Waals surface area (Å²) in [5, 5.41) is 8.42. The van der Waals surface area contributed by atoms with Gasteiger partial charge in [0.05, 0.1) is 6.26 Å². The van der Waals surface area contributed by atoms with Gasteiger partial charge < -0.3 is 8.83 Å². The first kappa shape index (κ1) is 15.7. The van der Waals surface area contributed by atoms with E-state index in [1.807, 2.05) is 18.2 Å². The van der Waals surface area contributed by atoms with Crippen molar-refractivity contribution in [2.75, 3.05) is 6.26 Å². The van der Waals surface area contributed by atoms with Gasteiger partial charge in [-0.15, -0.1) is 0 Å². The van der Waals surface area contributed by atoms with Crippen LogP contribution in [0.15, 0.2) is 80.9 Å². The van der Waals surface area contributed by atoms with Crippen molar-refractivity contribution in [3.63, 3.8) is 0 Å². The maximum atomic E-state index is 11.8. The zero-order valence-electron chi connectivity index (χ0n) is 14.9. The van der Waals surface area contributed by atoms with Crippen molar-refractivity contribution < 1.29 is 17.3 Å². The summed E-state index contributed by atoms with van der Waals surface area (Å²) in [6, 6.07) is 20.1. The Hall–Kier alpha value is -3.31. The largest absolute Gasteiger partial charge is 0.464 e. The summed E-state index contributed by atoms with van der Waals surface area (Å²) in [4.78, 5) is 0. The van der Waals surface area contributed by atoms with Gasteiger partial charge in [-0.2, -0.15) is 0 Å². The normalized spacial score (nSPS) is 12.8. The lowest BCUT2D eigenvalue weighted by atomic mass is 9.96. The van der Waals surface area contributed by atoms with Gasteiger partial charge in [0, 0.05) is 23.1 Å². The van der Waals surface area contributed by atoms with Crippen molar-refractivity contribution in [1.82, 2.24) is 0 Å². The van der Waals surface area contributed by atoms with Crippen LogP contribution in [-0.4, -0.2) is 14.7 Å². The highest BCUT2D eigenvalue weighted by molar-refractivity contribution is 7.90. The first-order valence-electron chi connectivity index (χ1n) is 8.87. The lowest BCUT2D eigenvalue weighted by molar-refractivity contribution is 0.484. The van der Waals surface area contributed by atoms with Crippen LogP contribution in [-0.2, 0) is 9.84 Å². The Kier molecular flexibility index (Phi) is 2.89. The van der Waals surface area contributed by atoms with Crippen LogP contribution in [0.4, 0.5) is 0 Å². The zero-order valence-corrected chi connectivity index (χ0v) is 15.7. The van der Waals surface area contributed by atoms with E-state index in [2.05, 4.69) is 36.4 Å². The maximum Gasteiger partial charge on any atom is 0.219 e. The molecule has 0 saturated heterocycles. The molecule has 6 aromatic rings. The second kappa shape index (κ2) is 5.14. The van der Waals surface area contributed by atoms with Crippen molar-refractivity contribution in [2.45, 2.75) is 5.09 Å². The SMILES string of the molecule is CS(=O)(=O)c1cc2cc3ccc4c5cc6occc6cc5ccc4c3cc2o1. The molecule has 0 bridgehead atoms. The molecule has 0 unspecified atom stereocenters. The predicted molar refractivity (Wildman–Crippen MR) is 112 cm³/mol. The third-order valence-corrected chi connectivity index (χ3v) is 6.32. The van der Waals surface area contributed by atoms with Crippen molar-refractivity contribution >= 4 is 64.1 Å². The molecule has 0 radical (unpaired) electrons. The van der Waals surface area contributed by atoms with Crippen LogP contribution in [0.3, 0.4) is 0 Å². The number of sulfone groups is 1. The van der Waals surface area contributed by atoms with Gasteiger partial charge in [-0.25, -0.2) is 8.42 Å². The summed E-state index contributed by atoms with van der Waals surface area (Å²) >= 11 is 0. The van der Waals surface area contributed by atoms with Crippen molar-refractivity contribution in [2.24, 2.45) is 0 Å². The fourth-order valence-corrected chi connectivity index (χ4v) is 4.61. The number of rotatable bonds is 1. The van der Waals surface area contributed by atoms with Crippen LogP contribution in [0.25, 0.3) is 54.3 Å². The lowest BCUT2D eigenvalue weighted by Crippen LogP contribution is -1.93. The van der Waals surface area contributed by atoms with Crippen molar-refractivity contribution in [3.05, 3.63) is 66.9 Å². The van der Waals surface area contributed by atoms with Crippen molar-refractivity contribution in [1.29, 1.82) is 0 Å². The molecule has 0 atom stereocenters. The number of fused-ring (bicyclic) bond motifs is 7. The molecule has 0 spiro atoms. The quantitative estimate of drug-likeness (QED) is 0.323. The third-order valence-electron chi connectivity index (χ3n) is 5.39. The Bertz CT molecular complexity index is 1680. The molecule has 5 heteroatoms. The van der Waals surface area contributed by atoms with E-state index in [9.17, 15) is 8.42 Å². The van der Waals surface area contributed by atoms with E-state index in [0.29, 0.717) is 5.58 Å². The van der Waals surface area contributed by atoms with Crippen LogP contribution in [0, 0.1) is 0 Å². The molecule has 28 heavy (non-hydrogen) atoms. The molecule has 2 heterocycles. The Morgan fingerprint density at radius 2 is 1.29 bits per heavy atom. The summed E-state index contributed by atoms with van der Waals surface area (Å²) < 4.78 is 34.9. The average molecular weight is 386 g/mol. The topological polar surface area (TPSA) is 60.4 Å². The Morgan fingerprint density at radius 1 is 0.643 bits per heavy atom. The van der Waals surface area contributed by atoms with Gasteiger partial charge in [0.2, 0.25) is 14.9 Å². The highest BCUT2D eigenvalue weighted by Crippen LogP contribution is 2.36. The number of benzene rings is 4. The molecule has 0 saturated carbocycles. The smallest absolute Gasteiger partial charge is 0.219 e. The standard InChI is InChI=1S/C23H14O4S/c1-28(24,25)23-10-16-9-14-3-5-17-18(20(14)12-22(16)27-23)4-2-13-8-15-6-7-26-21(15)11-19(13)17/h2-12H,1H3. The second-order valence-corrected chi connectivity index (χ2v) is 9.15. The fourth-order valence-electron chi connectivity index (χ4n) is 4.03. The summed E-state index contributed by atoms with van der Waals surface area (Å²) in [6.45, 7) is 0. The van der Waals surface area contributed by atoms with Crippen LogP contribution in [0.5, 0.6) is 0 Å². The van der Waals surface area contributed by atoms with E-state index in [4.69, 9.17) is 8.83 Å². The molecule has 0 N–H and O–H groups in total. The lowest BCUT2D eigenvalue weighted by Gasteiger charge is -2.08. The van der Waals surface area contributed by atoms with E-state index < -0.39 is 9.84 Å². The molecule has 0 fully saturated rings. The summed E-state index contributed by atoms with van der Waals surface area (Å²) in [5.41, 5.74) is 1.43. The molecule has 0 aliphatic rings. The zero-order chi connectivity index (χ0) is 19.0. The van der Waals surface area contributed by atoms with E-state index in [-0.39, 0.29) is 5.09 Å². The molecular formula is C23H14O4S. The molecule has 2 aromatic heterocycles. The average Bonchev–Trinajstić information content (AvgIpc) is 3.29. The van der Waals surface area contributed by atoms with Gasteiger partial charge >= 0.3 is 0 Å². The van der Waals surface area contributed by atoms with Gasteiger partial charge in [-0.3, -0.25) is 0 Å². The van der Waals surface area contributed by atoms with E-state index in [1.165, 1.54) is 0 Å². The van der Waals surface area contributed by atoms with E-state index in [1.54, 1.807) is 12.3 Å². The molecule has 4 aromatic carbocycles.